The molecule has 2 heterocycles. The van der Waals surface area contributed by atoms with Gasteiger partial charge in [0.1, 0.15) is 6.73 Å². The van der Waals surface area contributed by atoms with Crippen molar-refractivity contribution in [3.8, 4) is 0 Å². The summed E-state index contributed by atoms with van der Waals surface area (Å²) in [5, 5.41) is 0. The fourth-order valence-corrected chi connectivity index (χ4v) is 4.39. The fraction of sp³-hybridized carbons (Fsp3) is 0.533. The topological polar surface area (TPSA) is 66.9 Å². The van der Waals surface area contributed by atoms with E-state index in [-0.39, 0.29) is 17.5 Å². The van der Waals surface area contributed by atoms with Gasteiger partial charge in [-0.15, -0.1) is 0 Å². The second-order valence-corrected chi connectivity index (χ2v) is 7.57. The second kappa shape index (κ2) is 5.98. The number of aryl methyl sites for hydroxylation is 1. The van der Waals surface area contributed by atoms with Crippen LogP contribution >= 0.6 is 0 Å². The van der Waals surface area contributed by atoms with E-state index in [1.807, 2.05) is 0 Å². The molecule has 0 aliphatic carbocycles. The first-order valence-electron chi connectivity index (χ1n) is 7.49. The second-order valence-electron chi connectivity index (χ2n) is 5.64. The van der Waals surface area contributed by atoms with E-state index in [0.29, 0.717) is 26.1 Å². The molecule has 1 aromatic rings. The van der Waals surface area contributed by atoms with E-state index in [1.165, 1.54) is 11.2 Å². The van der Waals surface area contributed by atoms with E-state index in [9.17, 15) is 13.2 Å². The van der Waals surface area contributed by atoms with Crippen LogP contribution in [0.5, 0.6) is 0 Å². The Kier molecular flexibility index (Phi) is 4.20. The van der Waals surface area contributed by atoms with Crippen LogP contribution in [0.1, 0.15) is 25.3 Å². The van der Waals surface area contributed by atoms with Crippen LogP contribution in [0.25, 0.3) is 0 Å². The molecular weight excluding hydrogens is 304 g/mol. The van der Waals surface area contributed by atoms with Crippen molar-refractivity contribution in [2.24, 2.45) is 0 Å². The Balaban J connectivity index is 1.94. The minimum Gasteiger partial charge on any atom is -0.365 e. The maximum absolute atomic E-state index is 12.7. The zero-order valence-electron chi connectivity index (χ0n) is 12.6. The first kappa shape index (κ1) is 15.5. The average molecular weight is 324 g/mol. The van der Waals surface area contributed by atoms with Gasteiger partial charge >= 0.3 is 0 Å². The van der Waals surface area contributed by atoms with Gasteiger partial charge in [0.2, 0.25) is 15.9 Å². The number of ether oxygens (including phenoxy) is 1. The highest BCUT2D eigenvalue weighted by atomic mass is 32.2. The van der Waals surface area contributed by atoms with Gasteiger partial charge in [-0.3, -0.25) is 4.79 Å². The molecule has 0 saturated carbocycles. The van der Waals surface area contributed by atoms with Crippen LogP contribution < -0.4 is 4.90 Å². The van der Waals surface area contributed by atoms with Crippen molar-refractivity contribution in [2.75, 3.05) is 31.3 Å². The molecule has 2 aliphatic rings. The van der Waals surface area contributed by atoms with E-state index in [0.717, 1.165) is 24.1 Å². The van der Waals surface area contributed by atoms with Gasteiger partial charge in [0.15, 0.2) is 0 Å². The van der Waals surface area contributed by atoms with Gasteiger partial charge in [-0.1, -0.05) is 0 Å². The third kappa shape index (κ3) is 2.76. The third-order valence-corrected chi connectivity index (χ3v) is 5.94. The van der Waals surface area contributed by atoms with Gasteiger partial charge in [-0.05, 0) is 43.0 Å². The van der Waals surface area contributed by atoms with E-state index in [1.54, 1.807) is 23.1 Å². The Bertz CT molecular complexity index is 681. The summed E-state index contributed by atoms with van der Waals surface area (Å²) in [6.45, 7) is 3.42. The molecule has 22 heavy (non-hydrogen) atoms. The molecule has 1 amide bonds. The summed E-state index contributed by atoms with van der Waals surface area (Å²) >= 11 is 0. The standard InChI is InChI=1S/C15H20N2O4S/c1-12(18)17-8-2-4-13-10-14(5-6-15(13)17)22(19,20)16-7-3-9-21-11-16/h5-6,10H,2-4,7-9,11H2,1H3. The smallest absolute Gasteiger partial charge is 0.245 e. The summed E-state index contributed by atoms with van der Waals surface area (Å²) in [5.74, 6) is -0.0130. The minimum absolute atomic E-state index is 0.0130. The van der Waals surface area contributed by atoms with Crippen molar-refractivity contribution < 1.29 is 17.9 Å². The molecule has 0 N–H and O–H groups in total. The van der Waals surface area contributed by atoms with Crippen molar-refractivity contribution in [2.45, 2.75) is 31.1 Å². The number of nitrogens with zero attached hydrogens (tertiary/aromatic N) is 2. The summed E-state index contributed by atoms with van der Waals surface area (Å²) in [6.07, 6.45) is 2.35. The van der Waals surface area contributed by atoms with Crippen LogP contribution in [0.3, 0.4) is 0 Å². The number of anilines is 1. The molecule has 0 atom stereocenters. The fourth-order valence-electron chi connectivity index (χ4n) is 2.97. The van der Waals surface area contributed by atoms with Gasteiger partial charge in [0.25, 0.3) is 0 Å². The van der Waals surface area contributed by atoms with Crippen LogP contribution in [0.4, 0.5) is 5.69 Å². The van der Waals surface area contributed by atoms with Crippen molar-refractivity contribution in [1.29, 1.82) is 0 Å². The first-order valence-corrected chi connectivity index (χ1v) is 8.93. The Labute approximate surface area is 130 Å². The number of rotatable bonds is 2. The predicted molar refractivity (Wildman–Crippen MR) is 82.1 cm³/mol. The highest BCUT2D eigenvalue weighted by Crippen LogP contribution is 2.30. The van der Waals surface area contributed by atoms with Crippen LogP contribution in [-0.4, -0.2) is 45.1 Å². The SMILES string of the molecule is CC(=O)N1CCCc2cc(S(=O)(=O)N3CCCOC3)ccc21. The van der Waals surface area contributed by atoms with E-state index < -0.39 is 10.0 Å². The summed E-state index contributed by atoms with van der Waals surface area (Å²) in [5.41, 5.74) is 1.74. The molecule has 0 radical (unpaired) electrons. The highest BCUT2D eigenvalue weighted by molar-refractivity contribution is 7.89. The number of hydrogen-bond acceptors (Lipinski definition) is 4. The lowest BCUT2D eigenvalue weighted by atomic mass is 10.0. The molecule has 1 fully saturated rings. The summed E-state index contributed by atoms with van der Waals surface area (Å²) in [6, 6.07) is 5.03. The molecule has 2 aliphatic heterocycles. The minimum atomic E-state index is -3.53. The average Bonchev–Trinajstić information content (AvgIpc) is 2.54. The summed E-state index contributed by atoms with van der Waals surface area (Å²) in [7, 11) is -3.53. The van der Waals surface area contributed by atoms with Gasteiger partial charge in [0.05, 0.1) is 4.90 Å². The van der Waals surface area contributed by atoms with Crippen LogP contribution in [0, 0.1) is 0 Å². The summed E-state index contributed by atoms with van der Waals surface area (Å²) in [4.78, 5) is 13.7. The molecule has 6 nitrogen and oxygen atoms in total. The zero-order chi connectivity index (χ0) is 15.7. The first-order chi connectivity index (χ1) is 10.5. The molecule has 7 heteroatoms. The quantitative estimate of drug-likeness (QED) is 0.824. The molecule has 0 bridgehead atoms. The van der Waals surface area contributed by atoms with E-state index in [4.69, 9.17) is 4.74 Å². The Morgan fingerprint density at radius 3 is 2.73 bits per heavy atom. The number of carbonyl (C=O) groups is 1. The van der Waals surface area contributed by atoms with Crippen LogP contribution in [0.2, 0.25) is 0 Å². The number of sulfonamides is 1. The number of fused-ring (bicyclic) bond motifs is 1. The molecule has 1 aromatic carbocycles. The van der Waals surface area contributed by atoms with Gasteiger partial charge in [-0.25, -0.2) is 8.42 Å². The van der Waals surface area contributed by atoms with Crippen molar-refractivity contribution >= 4 is 21.6 Å². The number of hydrogen-bond donors (Lipinski definition) is 0. The zero-order valence-corrected chi connectivity index (χ0v) is 13.4. The Morgan fingerprint density at radius 1 is 1.23 bits per heavy atom. The monoisotopic (exact) mass is 324 g/mol. The van der Waals surface area contributed by atoms with Crippen LogP contribution in [0.15, 0.2) is 23.1 Å². The van der Waals surface area contributed by atoms with Crippen LogP contribution in [-0.2, 0) is 26.0 Å². The van der Waals surface area contributed by atoms with Crippen molar-refractivity contribution in [1.82, 2.24) is 4.31 Å². The molecular formula is C15H20N2O4S. The van der Waals surface area contributed by atoms with E-state index in [2.05, 4.69) is 0 Å². The maximum Gasteiger partial charge on any atom is 0.245 e. The Morgan fingerprint density at radius 2 is 2.05 bits per heavy atom. The molecule has 0 spiro atoms. The molecule has 1 saturated heterocycles. The van der Waals surface area contributed by atoms with Crippen molar-refractivity contribution in [3.63, 3.8) is 0 Å². The Hall–Kier alpha value is -1.44. The number of amides is 1. The lowest BCUT2D eigenvalue weighted by molar-refractivity contribution is -0.116. The highest BCUT2D eigenvalue weighted by Gasteiger charge is 2.28. The van der Waals surface area contributed by atoms with Gasteiger partial charge < -0.3 is 9.64 Å². The lowest BCUT2D eigenvalue weighted by Gasteiger charge is -2.30. The predicted octanol–water partition coefficient (Wildman–Crippen LogP) is 1.35. The maximum atomic E-state index is 12.7. The molecule has 120 valence electrons. The number of benzene rings is 1. The van der Waals surface area contributed by atoms with E-state index >= 15 is 0 Å². The van der Waals surface area contributed by atoms with Gasteiger partial charge in [0, 0.05) is 32.3 Å². The summed E-state index contributed by atoms with van der Waals surface area (Å²) < 4.78 is 31.9. The van der Waals surface area contributed by atoms with Crippen molar-refractivity contribution in [3.05, 3.63) is 23.8 Å². The third-order valence-electron chi connectivity index (χ3n) is 4.12. The molecule has 0 unspecified atom stereocenters. The molecule has 0 aromatic heterocycles. The molecule has 3 rings (SSSR count). The largest absolute Gasteiger partial charge is 0.365 e. The normalized spacial score (nSPS) is 19.8. The van der Waals surface area contributed by atoms with Gasteiger partial charge in [-0.2, -0.15) is 4.31 Å². The number of carbonyl (C=O) groups excluding carboxylic acids is 1. The lowest BCUT2D eigenvalue weighted by Crippen LogP contribution is -2.38.